The van der Waals surface area contributed by atoms with Crippen molar-refractivity contribution in [3.8, 4) is 34.0 Å². The fourth-order valence-electron chi connectivity index (χ4n) is 4.84. The molecular formula is C32H33BrF2N4O5. The first-order valence-electron chi connectivity index (χ1n) is 14.3. The molecule has 0 aliphatic heterocycles. The van der Waals surface area contributed by atoms with Crippen LogP contribution in [0, 0.1) is 24.5 Å². The number of hydrogen-bond acceptors (Lipinski definition) is 7. The Kier molecular flexibility index (Phi) is 9.59. The lowest BCUT2D eigenvalue weighted by molar-refractivity contribution is 0.277. The zero-order valence-corrected chi connectivity index (χ0v) is 26.2. The van der Waals surface area contributed by atoms with Crippen molar-refractivity contribution >= 4 is 15.9 Å². The second kappa shape index (κ2) is 13.4. The Balaban J connectivity index is 0.000000175. The van der Waals surface area contributed by atoms with Gasteiger partial charge in [-0.05, 0) is 86.6 Å². The molecule has 9 nitrogen and oxygen atoms in total. The van der Waals surface area contributed by atoms with Crippen molar-refractivity contribution < 1.29 is 23.4 Å². The summed E-state index contributed by atoms with van der Waals surface area (Å²) in [6, 6.07) is 11.0. The lowest BCUT2D eigenvalue weighted by atomic mass is 10.0. The summed E-state index contributed by atoms with van der Waals surface area (Å²) in [5.41, 5.74) is 3.46. The van der Waals surface area contributed by atoms with Gasteiger partial charge < -0.3 is 14.6 Å². The van der Waals surface area contributed by atoms with E-state index in [0.29, 0.717) is 57.0 Å². The van der Waals surface area contributed by atoms with E-state index in [1.165, 1.54) is 41.8 Å². The lowest BCUT2D eigenvalue weighted by Gasteiger charge is -2.13. The third-order valence-corrected chi connectivity index (χ3v) is 8.33. The van der Waals surface area contributed by atoms with Crippen LogP contribution in [0.25, 0.3) is 22.5 Å². The number of halogens is 3. The Morgan fingerprint density at radius 2 is 1.52 bits per heavy atom. The molecule has 2 aromatic carbocycles. The van der Waals surface area contributed by atoms with Crippen LogP contribution in [0.15, 0.2) is 52.1 Å². The molecule has 2 heterocycles. The van der Waals surface area contributed by atoms with Gasteiger partial charge >= 0.3 is 0 Å². The third kappa shape index (κ3) is 6.76. The Morgan fingerprint density at radius 1 is 0.909 bits per heavy atom. The number of aliphatic hydroxyl groups excluding tert-OH is 1. The van der Waals surface area contributed by atoms with Crippen LogP contribution < -0.4 is 20.6 Å². The number of aromatic nitrogens is 4. The van der Waals surface area contributed by atoms with E-state index in [1.54, 1.807) is 31.2 Å². The number of rotatable bonds is 9. The molecule has 0 bridgehead atoms. The van der Waals surface area contributed by atoms with Gasteiger partial charge in [-0.25, -0.2) is 18.1 Å². The van der Waals surface area contributed by atoms with Gasteiger partial charge in [-0.2, -0.15) is 10.2 Å². The molecule has 0 saturated heterocycles. The highest BCUT2D eigenvalue weighted by atomic mass is 79.9. The largest absolute Gasteiger partial charge is 0.494 e. The van der Waals surface area contributed by atoms with Crippen LogP contribution in [-0.4, -0.2) is 38.9 Å². The number of alkyl halides is 1. The summed E-state index contributed by atoms with van der Waals surface area (Å²) in [5, 5.41) is 18.7. The van der Waals surface area contributed by atoms with Gasteiger partial charge in [-0.1, -0.05) is 15.9 Å². The van der Waals surface area contributed by atoms with E-state index >= 15 is 0 Å². The number of methoxy groups -OCH3 is 2. The second-order valence-electron chi connectivity index (χ2n) is 10.9. The number of nitrogens with zero attached hydrogens (tertiary/aromatic N) is 4. The van der Waals surface area contributed by atoms with Crippen LogP contribution in [0.3, 0.4) is 0 Å². The molecule has 2 saturated carbocycles. The highest BCUT2D eigenvalue weighted by Gasteiger charge is 2.28. The van der Waals surface area contributed by atoms with Gasteiger partial charge in [0.2, 0.25) is 0 Å². The molecule has 1 N–H and O–H groups in total. The van der Waals surface area contributed by atoms with Gasteiger partial charge in [0.05, 0.1) is 38.3 Å². The lowest BCUT2D eigenvalue weighted by Crippen LogP contribution is -2.27. The van der Waals surface area contributed by atoms with Gasteiger partial charge in [-0.15, -0.1) is 0 Å². The molecule has 0 unspecified atom stereocenters. The maximum atomic E-state index is 13.9. The normalized spacial score (nSPS) is 14.2. The molecular weight excluding hydrogens is 638 g/mol. The molecule has 2 aliphatic rings. The van der Waals surface area contributed by atoms with E-state index in [0.717, 1.165) is 25.7 Å². The van der Waals surface area contributed by atoms with E-state index in [9.17, 15) is 23.5 Å². The molecule has 232 valence electrons. The average molecular weight is 672 g/mol. The standard InChI is InChI=1S/C16H16BrFN2O2.C16H17FN2O3/c1-22-15-5-4-11(6-13(15)18)14-7-12(8-17)16(21)20(19-14)9-10-2-3-10;1-9-12(8-20)16(21)19(11-4-5-11)18-15(9)10-3-6-14(22-2)13(17)7-10/h4-7,10H,2-3,8-9H2,1H3;3,6-7,11,20H,4-5,8H2,1-2H3. The summed E-state index contributed by atoms with van der Waals surface area (Å²) in [6.07, 6.45) is 4.08. The summed E-state index contributed by atoms with van der Waals surface area (Å²) in [7, 11) is 2.83. The molecule has 2 aliphatic carbocycles. The molecule has 2 fully saturated rings. The van der Waals surface area contributed by atoms with E-state index in [1.807, 2.05) is 0 Å². The smallest absolute Gasteiger partial charge is 0.272 e. The zero-order chi connectivity index (χ0) is 31.5. The maximum absolute atomic E-state index is 13.9. The van der Waals surface area contributed by atoms with Crippen molar-refractivity contribution in [3.05, 3.63) is 91.5 Å². The number of aliphatic hydroxyl groups is 1. The van der Waals surface area contributed by atoms with Crippen molar-refractivity contribution in [2.24, 2.45) is 5.92 Å². The summed E-state index contributed by atoms with van der Waals surface area (Å²) in [5.74, 6) is -0.0515. The summed E-state index contributed by atoms with van der Waals surface area (Å²) in [4.78, 5) is 24.6. The minimum absolute atomic E-state index is 0.0819. The van der Waals surface area contributed by atoms with Crippen molar-refractivity contribution in [3.63, 3.8) is 0 Å². The monoisotopic (exact) mass is 670 g/mol. The topological polar surface area (TPSA) is 108 Å². The Morgan fingerprint density at radius 3 is 2.05 bits per heavy atom. The SMILES string of the molecule is COc1ccc(-c2cc(CBr)c(=O)n(CC3CC3)n2)cc1F.COc1ccc(-c2nn(C3CC3)c(=O)c(CO)c2C)cc1F. The fraction of sp³-hybridized carbons (Fsp3) is 0.375. The molecule has 0 radical (unpaired) electrons. The van der Waals surface area contributed by atoms with Crippen molar-refractivity contribution in [1.82, 2.24) is 19.6 Å². The van der Waals surface area contributed by atoms with Crippen molar-refractivity contribution in [1.29, 1.82) is 0 Å². The van der Waals surface area contributed by atoms with Gasteiger partial charge in [0.25, 0.3) is 11.1 Å². The first kappa shape index (κ1) is 31.5. The molecule has 44 heavy (non-hydrogen) atoms. The van der Waals surface area contributed by atoms with E-state index < -0.39 is 11.6 Å². The van der Waals surface area contributed by atoms with Crippen LogP contribution in [0.4, 0.5) is 8.78 Å². The summed E-state index contributed by atoms with van der Waals surface area (Å²) in [6.45, 7) is 1.99. The summed E-state index contributed by atoms with van der Waals surface area (Å²) >= 11 is 3.33. The van der Waals surface area contributed by atoms with Crippen molar-refractivity contribution in [2.45, 2.75) is 57.1 Å². The fourth-order valence-corrected chi connectivity index (χ4v) is 5.24. The Hall–Kier alpha value is -3.90. The predicted octanol–water partition coefficient (Wildman–Crippen LogP) is 5.56. The summed E-state index contributed by atoms with van der Waals surface area (Å²) < 4.78 is 40.6. The van der Waals surface area contributed by atoms with Crippen LogP contribution in [-0.2, 0) is 18.5 Å². The van der Waals surface area contributed by atoms with Crippen LogP contribution in [0.1, 0.15) is 48.4 Å². The number of benzene rings is 2. The maximum Gasteiger partial charge on any atom is 0.272 e. The molecule has 2 aromatic heterocycles. The predicted molar refractivity (Wildman–Crippen MR) is 165 cm³/mol. The molecule has 4 aromatic rings. The quantitative estimate of drug-likeness (QED) is 0.232. The molecule has 0 atom stereocenters. The number of ether oxygens (including phenoxy) is 2. The first-order chi connectivity index (χ1) is 21.2. The minimum atomic E-state index is -0.490. The second-order valence-corrected chi connectivity index (χ2v) is 11.5. The highest BCUT2D eigenvalue weighted by molar-refractivity contribution is 9.08. The van der Waals surface area contributed by atoms with Crippen LogP contribution >= 0.6 is 15.9 Å². The molecule has 12 heteroatoms. The first-order valence-corrected chi connectivity index (χ1v) is 15.4. The zero-order valence-electron chi connectivity index (χ0n) is 24.6. The Bertz CT molecular complexity index is 1800. The van der Waals surface area contributed by atoms with E-state index in [2.05, 4.69) is 26.1 Å². The van der Waals surface area contributed by atoms with Gasteiger partial charge in [0, 0.05) is 34.1 Å². The minimum Gasteiger partial charge on any atom is -0.494 e. The van der Waals surface area contributed by atoms with Crippen LogP contribution in [0.5, 0.6) is 11.5 Å². The van der Waals surface area contributed by atoms with E-state index in [4.69, 9.17) is 9.47 Å². The molecule has 6 rings (SSSR count). The molecule has 0 amide bonds. The van der Waals surface area contributed by atoms with Gasteiger partial charge in [-0.3, -0.25) is 9.59 Å². The van der Waals surface area contributed by atoms with Gasteiger partial charge in [0.1, 0.15) is 0 Å². The van der Waals surface area contributed by atoms with E-state index in [-0.39, 0.29) is 35.3 Å². The average Bonchev–Trinajstić information content (AvgIpc) is 3.95. The highest BCUT2D eigenvalue weighted by Crippen LogP contribution is 2.35. The Labute approximate surface area is 261 Å². The number of hydrogen-bond donors (Lipinski definition) is 1. The van der Waals surface area contributed by atoms with Crippen LogP contribution in [0.2, 0.25) is 0 Å². The van der Waals surface area contributed by atoms with Crippen molar-refractivity contribution in [2.75, 3.05) is 14.2 Å². The molecule has 0 spiro atoms. The third-order valence-electron chi connectivity index (χ3n) is 7.73. The van der Waals surface area contributed by atoms with Gasteiger partial charge in [0.15, 0.2) is 23.1 Å².